The van der Waals surface area contributed by atoms with Gasteiger partial charge in [-0.1, -0.05) is 6.07 Å². The van der Waals surface area contributed by atoms with Crippen molar-refractivity contribution in [2.45, 2.75) is 6.54 Å². The van der Waals surface area contributed by atoms with Gasteiger partial charge in [-0.25, -0.2) is 4.98 Å². The number of nitrogen functional groups attached to an aromatic ring is 1. The first-order valence-corrected chi connectivity index (χ1v) is 4.24. The van der Waals surface area contributed by atoms with Crippen LogP contribution in [0.2, 0.25) is 0 Å². The molecule has 13 heavy (non-hydrogen) atoms. The highest BCUT2D eigenvalue weighted by molar-refractivity contribution is 5.84. The van der Waals surface area contributed by atoms with Gasteiger partial charge in [-0.15, -0.1) is 0 Å². The molecule has 0 saturated carbocycles. The van der Waals surface area contributed by atoms with Crippen LogP contribution in [0.25, 0.3) is 11.0 Å². The number of anilines is 1. The Hall–Kier alpha value is -1.71. The number of benzene rings is 1. The second-order valence-corrected chi connectivity index (χ2v) is 3.09. The minimum atomic E-state index is 0.575. The van der Waals surface area contributed by atoms with Gasteiger partial charge in [-0.3, -0.25) is 0 Å². The third-order valence-electron chi connectivity index (χ3n) is 2.33. The van der Waals surface area contributed by atoms with Crippen molar-refractivity contribution < 1.29 is 4.74 Å². The van der Waals surface area contributed by atoms with E-state index >= 15 is 0 Å². The standard InChI is InChI=1S/C9H9N3O/c10-9-11-6-2-1-3-7-8(6)12(9)4-5-13-7/h1-3H,4-5H2,(H2,10,11). The van der Waals surface area contributed by atoms with E-state index in [1.165, 1.54) is 0 Å². The third-order valence-corrected chi connectivity index (χ3v) is 2.33. The Balaban J connectivity index is 2.51. The van der Waals surface area contributed by atoms with Crippen LogP contribution in [0.1, 0.15) is 0 Å². The highest BCUT2D eigenvalue weighted by Crippen LogP contribution is 2.30. The van der Waals surface area contributed by atoms with Gasteiger partial charge in [0.2, 0.25) is 5.95 Å². The molecule has 1 aliphatic rings. The third kappa shape index (κ3) is 0.771. The van der Waals surface area contributed by atoms with Crippen LogP contribution in [0, 0.1) is 0 Å². The monoisotopic (exact) mass is 175 g/mol. The molecule has 3 rings (SSSR count). The van der Waals surface area contributed by atoms with Gasteiger partial charge >= 0.3 is 0 Å². The fourth-order valence-corrected chi connectivity index (χ4v) is 1.76. The van der Waals surface area contributed by atoms with Crippen molar-refractivity contribution in [3.8, 4) is 5.75 Å². The van der Waals surface area contributed by atoms with Gasteiger partial charge in [0.15, 0.2) is 0 Å². The number of aromatic nitrogens is 2. The van der Waals surface area contributed by atoms with Crippen molar-refractivity contribution in [2.24, 2.45) is 0 Å². The summed E-state index contributed by atoms with van der Waals surface area (Å²) in [5.41, 5.74) is 7.69. The lowest BCUT2D eigenvalue weighted by molar-refractivity contribution is 0.288. The van der Waals surface area contributed by atoms with Crippen molar-refractivity contribution in [3.63, 3.8) is 0 Å². The lowest BCUT2D eigenvalue weighted by atomic mass is 10.3. The molecule has 1 aromatic carbocycles. The molecule has 1 aromatic heterocycles. The maximum atomic E-state index is 5.76. The smallest absolute Gasteiger partial charge is 0.201 e. The van der Waals surface area contributed by atoms with Crippen LogP contribution in [-0.2, 0) is 6.54 Å². The SMILES string of the molecule is Nc1nc2cccc3c2n1CCO3. The van der Waals surface area contributed by atoms with E-state index < -0.39 is 0 Å². The predicted octanol–water partition coefficient (Wildman–Crippen LogP) is 1.01. The van der Waals surface area contributed by atoms with Crippen LogP contribution >= 0.6 is 0 Å². The fourth-order valence-electron chi connectivity index (χ4n) is 1.76. The summed E-state index contributed by atoms with van der Waals surface area (Å²) in [6, 6.07) is 5.82. The lowest BCUT2D eigenvalue weighted by Crippen LogP contribution is -2.15. The zero-order chi connectivity index (χ0) is 8.84. The Morgan fingerprint density at radius 3 is 3.31 bits per heavy atom. The number of nitrogens with two attached hydrogens (primary N) is 1. The summed E-state index contributed by atoms with van der Waals surface area (Å²) in [7, 11) is 0. The molecule has 2 N–H and O–H groups in total. The number of rotatable bonds is 0. The molecule has 0 aliphatic carbocycles. The lowest BCUT2D eigenvalue weighted by Gasteiger charge is -2.16. The average molecular weight is 175 g/mol. The molecule has 0 fully saturated rings. The molecule has 66 valence electrons. The van der Waals surface area contributed by atoms with Crippen LogP contribution in [0.15, 0.2) is 18.2 Å². The zero-order valence-corrected chi connectivity index (χ0v) is 7.03. The number of ether oxygens (including phenoxy) is 1. The Bertz CT molecular complexity index is 475. The van der Waals surface area contributed by atoms with Gasteiger partial charge in [-0.2, -0.15) is 0 Å². The van der Waals surface area contributed by atoms with Crippen LogP contribution in [-0.4, -0.2) is 16.2 Å². The molecule has 0 bridgehead atoms. The van der Waals surface area contributed by atoms with E-state index in [-0.39, 0.29) is 0 Å². The molecule has 4 nitrogen and oxygen atoms in total. The Labute approximate surface area is 74.9 Å². The first-order valence-electron chi connectivity index (χ1n) is 4.24. The molecule has 0 amide bonds. The minimum absolute atomic E-state index is 0.575. The molecule has 4 heteroatoms. The number of imidazole rings is 1. The van der Waals surface area contributed by atoms with Crippen molar-refractivity contribution in [1.82, 2.24) is 9.55 Å². The van der Waals surface area contributed by atoms with Crippen LogP contribution in [0.3, 0.4) is 0 Å². The second kappa shape index (κ2) is 2.16. The average Bonchev–Trinajstić information content (AvgIpc) is 2.47. The first-order chi connectivity index (χ1) is 6.36. The van der Waals surface area contributed by atoms with Crippen molar-refractivity contribution >= 4 is 17.0 Å². The molecular formula is C9H9N3O. The van der Waals surface area contributed by atoms with Gasteiger partial charge in [-0.05, 0) is 12.1 Å². The normalized spacial score (nSPS) is 14.5. The summed E-state index contributed by atoms with van der Waals surface area (Å²) in [5, 5.41) is 0. The van der Waals surface area contributed by atoms with E-state index in [2.05, 4.69) is 4.98 Å². The second-order valence-electron chi connectivity index (χ2n) is 3.09. The highest BCUT2D eigenvalue weighted by Gasteiger charge is 2.16. The molecule has 0 radical (unpaired) electrons. The first kappa shape index (κ1) is 6.77. The summed E-state index contributed by atoms with van der Waals surface area (Å²) in [5.74, 6) is 1.46. The van der Waals surface area contributed by atoms with Crippen molar-refractivity contribution in [3.05, 3.63) is 18.2 Å². The van der Waals surface area contributed by atoms with Gasteiger partial charge in [0.1, 0.15) is 17.9 Å². The number of nitrogens with zero attached hydrogens (tertiary/aromatic N) is 2. The fraction of sp³-hybridized carbons (Fsp3) is 0.222. The van der Waals surface area contributed by atoms with Gasteiger partial charge in [0.05, 0.1) is 12.1 Å². The maximum absolute atomic E-state index is 5.76. The Morgan fingerprint density at radius 1 is 1.46 bits per heavy atom. The molecule has 2 heterocycles. The van der Waals surface area contributed by atoms with E-state index in [1.807, 2.05) is 22.8 Å². The molecule has 1 aliphatic heterocycles. The summed E-state index contributed by atoms with van der Waals surface area (Å²) in [6.07, 6.45) is 0. The van der Waals surface area contributed by atoms with E-state index in [0.717, 1.165) is 23.3 Å². The quantitative estimate of drug-likeness (QED) is 0.650. The zero-order valence-electron chi connectivity index (χ0n) is 7.03. The van der Waals surface area contributed by atoms with Crippen LogP contribution in [0.4, 0.5) is 5.95 Å². The van der Waals surface area contributed by atoms with Gasteiger partial charge in [0.25, 0.3) is 0 Å². The molecule has 0 atom stereocenters. The molecule has 2 aromatic rings. The predicted molar refractivity (Wildman–Crippen MR) is 49.6 cm³/mol. The topological polar surface area (TPSA) is 53.1 Å². The Kier molecular flexibility index (Phi) is 1.12. The Morgan fingerprint density at radius 2 is 2.38 bits per heavy atom. The summed E-state index contributed by atoms with van der Waals surface area (Å²) in [4.78, 5) is 4.25. The van der Waals surface area contributed by atoms with E-state index in [0.29, 0.717) is 12.6 Å². The van der Waals surface area contributed by atoms with E-state index in [9.17, 15) is 0 Å². The number of para-hydroxylation sites is 1. The maximum Gasteiger partial charge on any atom is 0.201 e. The molecule has 0 unspecified atom stereocenters. The highest BCUT2D eigenvalue weighted by atomic mass is 16.5. The minimum Gasteiger partial charge on any atom is -0.489 e. The van der Waals surface area contributed by atoms with Gasteiger partial charge < -0.3 is 15.0 Å². The number of hydrogen-bond acceptors (Lipinski definition) is 3. The van der Waals surface area contributed by atoms with Crippen LogP contribution in [0.5, 0.6) is 5.75 Å². The van der Waals surface area contributed by atoms with Gasteiger partial charge in [0, 0.05) is 0 Å². The van der Waals surface area contributed by atoms with E-state index in [4.69, 9.17) is 10.5 Å². The molecule has 0 saturated heterocycles. The molecule has 0 spiro atoms. The number of hydrogen-bond donors (Lipinski definition) is 1. The summed E-state index contributed by atoms with van der Waals surface area (Å²) < 4.78 is 7.49. The van der Waals surface area contributed by atoms with E-state index in [1.54, 1.807) is 0 Å². The molecular weight excluding hydrogens is 166 g/mol. The summed E-state index contributed by atoms with van der Waals surface area (Å²) in [6.45, 7) is 1.46. The largest absolute Gasteiger partial charge is 0.489 e. The summed E-state index contributed by atoms with van der Waals surface area (Å²) >= 11 is 0. The van der Waals surface area contributed by atoms with Crippen LogP contribution < -0.4 is 10.5 Å². The van der Waals surface area contributed by atoms with Crippen molar-refractivity contribution in [2.75, 3.05) is 12.3 Å². The van der Waals surface area contributed by atoms with Crippen molar-refractivity contribution in [1.29, 1.82) is 0 Å².